The second-order valence-electron chi connectivity index (χ2n) is 9.84. The second kappa shape index (κ2) is 5.40. The van der Waals surface area contributed by atoms with Gasteiger partial charge < -0.3 is 5.11 Å². The Balaban J connectivity index is 1.68. The van der Waals surface area contributed by atoms with Crippen LogP contribution in [0.1, 0.15) is 72.1 Å². The smallest absolute Gasteiger partial charge is 0.133 e. The van der Waals surface area contributed by atoms with E-state index < -0.39 is 0 Å². The summed E-state index contributed by atoms with van der Waals surface area (Å²) in [6.45, 7) is 6.36. The van der Waals surface area contributed by atoms with Gasteiger partial charge in [-0.3, -0.25) is 9.59 Å². The summed E-state index contributed by atoms with van der Waals surface area (Å²) in [6, 6.07) is 0. The quantitative estimate of drug-likeness (QED) is 0.795. The average molecular weight is 332 g/mol. The molecule has 0 aliphatic heterocycles. The summed E-state index contributed by atoms with van der Waals surface area (Å²) in [6.07, 6.45) is 7.27. The summed E-state index contributed by atoms with van der Waals surface area (Å²) < 4.78 is 0. The van der Waals surface area contributed by atoms with E-state index in [-0.39, 0.29) is 22.9 Å². The van der Waals surface area contributed by atoms with E-state index in [4.69, 9.17) is 0 Å². The lowest BCUT2D eigenvalue weighted by Crippen LogP contribution is -2.59. The number of Topliss-reactive ketones (excluding diaryl/α,β-unsaturated/α-hetero) is 2. The number of carbonyl (C=O) groups excluding carboxylic acids is 2. The van der Waals surface area contributed by atoms with Crippen molar-refractivity contribution >= 4 is 11.6 Å². The maximum Gasteiger partial charge on any atom is 0.133 e. The van der Waals surface area contributed by atoms with Crippen LogP contribution in [0.25, 0.3) is 0 Å². The van der Waals surface area contributed by atoms with Gasteiger partial charge in [-0.05, 0) is 80.0 Å². The molecule has 4 saturated carbocycles. The normalized spacial score (nSPS) is 53.9. The largest absolute Gasteiger partial charge is 0.393 e. The first-order valence-corrected chi connectivity index (χ1v) is 9.97. The van der Waals surface area contributed by atoms with E-state index in [1.165, 1.54) is 0 Å². The van der Waals surface area contributed by atoms with Crippen molar-refractivity contribution in [1.82, 2.24) is 0 Å². The molecule has 0 saturated heterocycles. The molecule has 3 nitrogen and oxygen atoms in total. The Morgan fingerprint density at radius 2 is 1.88 bits per heavy atom. The van der Waals surface area contributed by atoms with Crippen LogP contribution in [0, 0.1) is 40.4 Å². The SMILES string of the molecule is CC(=O)[C@H]1CCC2[C@@H]3CC[C@H]4CC(=O)CC[C@]4(C)C3[C@H](O)C[C@@]21C. The van der Waals surface area contributed by atoms with E-state index in [2.05, 4.69) is 13.8 Å². The molecule has 1 N–H and O–H groups in total. The Morgan fingerprint density at radius 3 is 2.58 bits per heavy atom. The molecule has 4 aliphatic rings. The van der Waals surface area contributed by atoms with Crippen molar-refractivity contribution in [3.8, 4) is 0 Å². The fourth-order valence-electron chi connectivity index (χ4n) is 7.84. The van der Waals surface area contributed by atoms with Crippen LogP contribution in [0.4, 0.5) is 0 Å². The predicted octanol–water partition coefficient (Wildman–Crippen LogP) is 3.77. The number of ketones is 2. The van der Waals surface area contributed by atoms with E-state index >= 15 is 0 Å². The van der Waals surface area contributed by atoms with Gasteiger partial charge in [-0.25, -0.2) is 0 Å². The van der Waals surface area contributed by atoms with Crippen molar-refractivity contribution < 1.29 is 14.7 Å². The highest BCUT2D eigenvalue weighted by Crippen LogP contribution is 2.67. The summed E-state index contributed by atoms with van der Waals surface area (Å²) in [7, 11) is 0. The minimum Gasteiger partial charge on any atom is -0.393 e. The van der Waals surface area contributed by atoms with Crippen LogP contribution < -0.4 is 0 Å². The molecule has 4 fully saturated rings. The van der Waals surface area contributed by atoms with E-state index in [1.807, 2.05) is 0 Å². The highest BCUT2D eigenvalue weighted by molar-refractivity contribution is 5.80. The summed E-state index contributed by atoms with van der Waals surface area (Å²) in [5.41, 5.74) is 0.103. The zero-order valence-corrected chi connectivity index (χ0v) is 15.4. The topological polar surface area (TPSA) is 54.4 Å². The molecule has 0 aromatic heterocycles. The maximum atomic E-state index is 12.2. The first-order valence-electron chi connectivity index (χ1n) is 9.97. The predicted molar refractivity (Wildman–Crippen MR) is 92.3 cm³/mol. The molecule has 4 aliphatic carbocycles. The second-order valence-corrected chi connectivity index (χ2v) is 9.84. The minimum absolute atomic E-state index is 0.0138. The number of hydrogen-bond donors (Lipinski definition) is 1. The minimum atomic E-state index is -0.308. The lowest BCUT2D eigenvalue weighted by molar-refractivity contribution is -0.173. The molecule has 0 amide bonds. The molecule has 3 heteroatoms. The first-order chi connectivity index (χ1) is 11.3. The Labute approximate surface area is 145 Å². The average Bonchev–Trinajstić information content (AvgIpc) is 2.84. The highest BCUT2D eigenvalue weighted by atomic mass is 16.3. The summed E-state index contributed by atoms with van der Waals surface area (Å²) in [4.78, 5) is 24.1. The highest BCUT2D eigenvalue weighted by Gasteiger charge is 2.63. The van der Waals surface area contributed by atoms with Gasteiger partial charge in [-0.2, -0.15) is 0 Å². The third-order valence-electron chi connectivity index (χ3n) is 8.90. The van der Waals surface area contributed by atoms with Gasteiger partial charge in [0.05, 0.1) is 6.10 Å². The molecule has 134 valence electrons. The summed E-state index contributed by atoms with van der Waals surface area (Å²) in [5, 5.41) is 11.2. The zero-order valence-electron chi connectivity index (χ0n) is 15.4. The maximum absolute atomic E-state index is 12.2. The Morgan fingerprint density at radius 1 is 1.12 bits per heavy atom. The van der Waals surface area contributed by atoms with E-state index in [0.29, 0.717) is 41.7 Å². The monoisotopic (exact) mass is 332 g/mol. The molecule has 0 bridgehead atoms. The summed E-state index contributed by atoms with van der Waals surface area (Å²) >= 11 is 0. The third-order valence-corrected chi connectivity index (χ3v) is 8.90. The van der Waals surface area contributed by atoms with Crippen LogP contribution >= 0.6 is 0 Å². The first kappa shape index (κ1) is 16.8. The third kappa shape index (κ3) is 2.12. The van der Waals surface area contributed by atoms with Crippen molar-refractivity contribution in [1.29, 1.82) is 0 Å². The van der Waals surface area contributed by atoms with Crippen LogP contribution in [0.15, 0.2) is 0 Å². The molecule has 0 aromatic rings. The zero-order chi connectivity index (χ0) is 17.3. The van der Waals surface area contributed by atoms with Crippen molar-refractivity contribution in [3.05, 3.63) is 0 Å². The summed E-state index contributed by atoms with van der Waals surface area (Å²) in [5.74, 6) is 2.78. The van der Waals surface area contributed by atoms with Gasteiger partial charge in [-0.1, -0.05) is 13.8 Å². The number of aliphatic hydroxyl groups is 1. The van der Waals surface area contributed by atoms with Crippen molar-refractivity contribution in [2.24, 2.45) is 40.4 Å². The lowest BCUT2D eigenvalue weighted by atomic mass is 9.44. The standard InChI is InChI=1S/C21H32O3/c1-12(22)16-6-7-17-15-5-4-13-10-14(23)8-9-20(13,2)19(15)18(24)11-21(16,17)3/h13,15-19,24H,4-11H2,1-3H3/t13-,15-,16+,17?,18+,19?,20-,21+/m0/s1. The number of hydrogen-bond acceptors (Lipinski definition) is 3. The number of aliphatic hydroxyl groups excluding tert-OH is 1. The van der Waals surface area contributed by atoms with Crippen LogP contribution in [-0.2, 0) is 9.59 Å². The van der Waals surface area contributed by atoms with Gasteiger partial charge in [-0.15, -0.1) is 0 Å². The van der Waals surface area contributed by atoms with Crippen molar-refractivity contribution in [3.63, 3.8) is 0 Å². The van der Waals surface area contributed by atoms with Crippen molar-refractivity contribution in [2.45, 2.75) is 78.2 Å². The van der Waals surface area contributed by atoms with Crippen LogP contribution in [0.2, 0.25) is 0 Å². The molecule has 0 heterocycles. The van der Waals surface area contributed by atoms with Gasteiger partial charge in [0.25, 0.3) is 0 Å². The van der Waals surface area contributed by atoms with E-state index in [1.54, 1.807) is 6.92 Å². The molecule has 0 radical (unpaired) electrons. The molecular weight excluding hydrogens is 300 g/mol. The Hall–Kier alpha value is -0.700. The molecular formula is C21H32O3. The van der Waals surface area contributed by atoms with Gasteiger partial charge >= 0.3 is 0 Å². The fourth-order valence-corrected chi connectivity index (χ4v) is 7.84. The molecule has 8 atom stereocenters. The number of rotatable bonds is 1. The molecule has 24 heavy (non-hydrogen) atoms. The Kier molecular flexibility index (Phi) is 3.77. The molecule has 4 rings (SSSR count). The van der Waals surface area contributed by atoms with Gasteiger partial charge in [0.15, 0.2) is 0 Å². The van der Waals surface area contributed by atoms with Gasteiger partial charge in [0.2, 0.25) is 0 Å². The number of fused-ring (bicyclic) bond motifs is 5. The molecule has 0 spiro atoms. The fraction of sp³-hybridized carbons (Fsp3) is 0.905. The van der Waals surface area contributed by atoms with Crippen LogP contribution in [0.5, 0.6) is 0 Å². The van der Waals surface area contributed by atoms with E-state index in [9.17, 15) is 14.7 Å². The van der Waals surface area contributed by atoms with Crippen LogP contribution in [-0.4, -0.2) is 22.8 Å². The van der Waals surface area contributed by atoms with Gasteiger partial charge in [0, 0.05) is 18.8 Å². The van der Waals surface area contributed by atoms with Gasteiger partial charge in [0.1, 0.15) is 11.6 Å². The van der Waals surface area contributed by atoms with Crippen molar-refractivity contribution in [2.75, 3.05) is 0 Å². The number of carbonyl (C=O) groups is 2. The van der Waals surface area contributed by atoms with Crippen LogP contribution in [0.3, 0.4) is 0 Å². The van der Waals surface area contributed by atoms with E-state index in [0.717, 1.165) is 44.9 Å². The lowest BCUT2D eigenvalue weighted by Gasteiger charge is -2.61. The molecule has 2 unspecified atom stereocenters. The molecule has 0 aromatic carbocycles. The Bertz CT molecular complexity index is 569.